The largest absolute Gasteiger partial charge is 0.545 e. The highest BCUT2D eigenvalue weighted by Gasteiger charge is 2.35. The molecule has 28 heavy (non-hydrogen) atoms. The molecular weight excluding hydrogens is 356 g/mol. The lowest BCUT2D eigenvalue weighted by Crippen LogP contribution is -2.28. The van der Waals surface area contributed by atoms with Gasteiger partial charge in [-0.2, -0.15) is 0 Å². The van der Waals surface area contributed by atoms with Crippen molar-refractivity contribution in [1.29, 1.82) is 0 Å². The summed E-state index contributed by atoms with van der Waals surface area (Å²) in [5.41, 5.74) is 1.32. The van der Waals surface area contributed by atoms with Crippen molar-refractivity contribution in [2.24, 2.45) is 5.92 Å². The number of aromatic carboxylic acids is 1. The number of nitrogens with one attached hydrogen (secondary N) is 1. The molecule has 3 aromatic carbocycles. The van der Waals surface area contributed by atoms with Gasteiger partial charge in [0.1, 0.15) is 0 Å². The molecule has 1 atom stereocenters. The van der Waals surface area contributed by atoms with Crippen LogP contribution in [0.5, 0.6) is 0 Å². The van der Waals surface area contributed by atoms with Crippen LogP contribution in [0.2, 0.25) is 0 Å². The Morgan fingerprint density at radius 3 is 2.43 bits per heavy atom. The van der Waals surface area contributed by atoms with Crippen LogP contribution in [0.15, 0.2) is 66.7 Å². The van der Waals surface area contributed by atoms with Gasteiger partial charge in [0.2, 0.25) is 11.8 Å². The van der Waals surface area contributed by atoms with E-state index in [9.17, 15) is 19.5 Å². The Morgan fingerprint density at radius 1 is 0.964 bits per heavy atom. The summed E-state index contributed by atoms with van der Waals surface area (Å²) in [6.45, 7) is 0.301. The van der Waals surface area contributed by atoms with E-state index < -0.39 is 11.9 Å². The molecule has 1 fully saturated rings. The van der Waals surface area contributed by atoms with Gasteiger partial charge in [-0.15, -0.1) is 0 Å². The van der Waals surface area contributed by atoms with Gasteiger partial charge in [-0.25, -0.2) is 0 Å². The van der Waals surface area contributed by atoms with E-state index in [4.69, 9.17) is 0 Å². The number of anilines is 2. The first kappa shape index (κ1) is 17.7. The van der Waals surface area contributed by atoms with E-state index in [0.717, 1.165) is 16.5 Å². The second kappa shape index (κ2) is 7.15. The summed E-state index contributed by atoms with van der Waals surface area (Å²) < 4.78 is 0. The van der Waals surface area contributed by atoms with Crippen molar-refractivity contribution >= 4 is 39.9 Å². The van der Waals surface area contributed by atoms with Crippen LogP contribution in [0.3, 0.4) is 0 Å². The highest BCUT2D eigenvalue weighted by Crippen LogP contribution is 2.32. The molecule has 2 amide bonds. The van der Waals surface area contributed by atoms with Crippen molar-refractivity contribution in [3.63, 3.8) is 0 Å². The SMILES string of the molecule is O=C([O-])c1ccc(NC(=O)[C@H]2CC(=O)N(c3cccc4ccccc34)C2)cc1. The van der Waals surface area contributed by atoms with Crippen LogP contribution in [0.1, 0.15) is 16.8 Å². The summed E-state index contributed by atoms with van der Waals surface area (Å²) in [7, 11) is 0. The predicted molar refractivity (Wildman–Crippen MR) is 104 cm³/mol. The quantitative estimate of drug-likeness (QED) is 0.759. The molecule has 1 aliphatic heterocycles. The maximum absolute atomic E-state index is 12.6. The molecule has 1 aliphatic rings. The normalized spacial score (nSPS) is 16.4. The van der Waals surface area contributed by atoms with Crippen molar-refractivity contribution in [3.05, 3.63) is 72.3 Å². The second-order valence-corrected chi connectivity index (χ2v) is 6.76. The standard InChI is InChI=1S/C22H18N2O4/c25-20-12-16(21(26)23-17-10-8-15(9-11-17)22(27)28)13-24(20)19-7-3-5-14-4-1-2-6-18(14)19/h1-11,16H,12-13H2,(H,23,26)(H,27,28)/p-1/t16-/m0/s1. The molecule has 0 aromatic heterocycles. The molecule has 6 heteroatoms. The van der Waals surface area contributed by atoms with Crippen LogP contribution in [-0.2, 0) is 9.59 Å². The summed E-state index contributed by atoms with van der Waals surface area (Å²) in [5.74, 6) is -2.11. The van der Waals surface area contributed by atoms with Crippen LogP contribution in [0, 0.1) is 5.92 Å². The Labute approximate surface area is 161 Å². The van der Waals surface area contributed by atoms with Gasteiger partial charge in [-0.1, -0.05) is 48.5 Å². The maximum Gasteiger partial charge on any atom is 0.229 e. The number of carboxylic acid groups (broad SMARTS) is 1. The highest BCUT2D eigenvalue weighted by atomic mass is 16.4. The van der Waals surface area contributed by atoms with Gasteiger partial charge < -0.3 is 20.1 Å². The van der Waals surface area contributed by atoms with Crippen molar-refractivity contribution < 1.29 is 19.5 Å². The van der Waals surface area contributed by atoms with Crippen molar-refractivity contribution in [3.8, 4) is 0 Å². The molecule has 3 aromatic rings. The van der Waals surface area contributed by atoms with Gasteiger partial charge in [0, 0.05) is 24.0 Å². The average molecular weight is 373 g/mol. The lowest BCUT2D eigenvalue weighted by molar-refractivity contribution is -0.255. The molecule has 0 unspecified atom stereocenters. The number of carboxylic acids is 1. The minimum absolute atomic E-state index is 0.0381. The lowest BCUT2D eigenvalue weighted by Gasteiger charge is -2.19. The third-order valence-corrected chi connectivity index (χ3v) is 4.94. The number of fused-ring (bicyclic) bond motifs is 1. The minimum atomic E-state index is -1.27. The number of hydrogen-bond acceptors (Lipinski definition) is 4. The summed E-state index contributed by atoms with van der Waals surface area (Å²) in [4.78, 5) is 37.6. The summed E-state index contributed by atoms with van der Waals surface area (Å²) in [6, 6.07) is 19.3. The van der Waals surface area contributed by atoms with E-state index in [1.165, 1.54) is 24.3 Å². The van der Waals surface area contributed by atoms with E-state index in [0.29, 0.717) is 12.2 Å². The van der Waals surface area contributed by atoms with Crippen LogP contribution in [0.25, 0.3) is 10.8 Å². The molecule has 0 bridgehead atoms. The Kier molecular flexibility index (Phi) is 4.53. The monoisotopic (exact) mass is 373 g/mol. The number of carbonyl (C=O) groups is 3. The van der Waals surface area contributed by atoms with Gasteiger partial charge >= 0.3 is 0 Å². The van der Waals surface area contributed by atoms with E-state index in [2.05, 4.69) is 5.32 Å². The zero-order valence-electron chi connectivity index (χ0n) is 14.9. The average Bonchev–Trinajstić information content (AvgIpc) is 3.09. The fourth-order valence-corrected chi connectivity index (χ4v) is 3.49. The van der Waals surface area contributed by atoms with Gasteiger partial charge in [0.25, 0.3) is 0 Å². The molecule has 0 aliphatic carbocycles. The summed E-state index contributed by atoms with van der Waals surface area (Å²) in [6.07, 6.45) is 0.131. The van der Waals surface area contributed by atoms with Crippen LogP contribution >= 0.6 is 0 Å². The third-order valence-electron chi connectivity index (χ3n) is 4.94. The minimum Gasteiger partial charge on any atom is -0.545 e. The fraction of sp³-hybridized carbons (Fsp3) is 0.136. The second-order valence-electron chi connectivity index (χ2n) is 6.76. The number of amides is 2. The molecule has 6 nitrogen and oxygen atoms in total. The number of carbonyl (C=O) groups excluding carboxylic acids is 3. The van der Waals surface area contributed by atoms with E-state index in [1.54, 1.807) is 4.90 Å². The third kappa shape index (κ3) is 3.32. The first-order chi connectivity index (χ1) is 13.5. The zero-order valence-corrected chi connectivity index (χ0v) is 14.9. The Hall–Kier alpha value is -3.67. The van der Waals surface area contributed by atoms with E-state index >= 15 is 0 Å². The highest BCUT2D eigenvalue weighted by molar-refractivity contribution is 6.08. The van der Waals surface area contributed by atoms with Gasteiger partial charge in [0.05, 0.1) is 17.6 Å². The first-order valence-corrected chi connectivity index (χ1v) is 8.93. The maximum atomic E-state index is 12.6. The van der Waals surface area contributed by atoms with Crippen LogP contribution in [0.4, 0.5) is 11.4 Å². The first-order valence-electron chi connectivity index (χ1n) is 8.93. The number of benzene rings is 3. The lowest BCUT2D eigenvalue weighted by atomic mass is 10.1. The van der Waals surface area contributed by atoms with E-state index in [1.807, 2.05) is 42.5 Å². The van der Waals surface area contributed by atoms with Gasteiger partial charge in [-0.3, -0.25) is 9.59 Å². The van der Waals surface area contributed by atoms with Crippen LogP contribution < -0.4 is 15.3 Å². The molecule has 0 radical (unpaired) electrons. The molecule has 140 valence electrons. The Morgan fingerprint density at radius 2 is 1.68 bits per heavy atom. The van der Waals surface area contributed by atoms with Gasteiger partial charge in [-0.05, 0) is 29.1 Å². The number of rotatable bonds is 4. The van der Waals surface area contributed by atoms with Crippen molar-refractivity contribution in [1.82, 2.24) is 0 Å². The van der Waals surface area contributed by atoms with Crippen molar-refractivity contribution in [2.45, 2.75) is 6.42 Å². The Balaban J connectivity index is 1.51. The van der Waals surface area contributed by atoms with E-state index in [-0.39, 0.29) is 23.8 Å². The molecule has 4 rings (SSSR count). The predicted octanol–water partition coefficient (Wildman–Crippen LogP) is 2.19. The van der Waals surface area contributed by atoms with Crippen molar-refractivity contribution in [2.75, 3.05) is 16.8 Å². The number of nitrogens with zero attached hydrogens (tertiary/aromatic N) is 1. The molecule has 1 N–H and O–H groups in total. The molecule has 1 saturated heterocycles. The topological polar surface area (TPSA) is 89.5 Å². The molecule has 1 heterocycles. The zero-order chi connectivity index (χ0) is 19.7. The van der Waals surface area contributed by atoms with Gasteiger partial charge in [0.15, 0.2) is 0 Å². The number of hydrogen-bond donors (Lipinski definition) is 1. The molecular formula is C22H17N2O4-. The summed E-state index contributed by atoms with van der Waals surface area (Å²) in [5, 5.41) is 15.6. The van der Waals surface area contributed by atoms with Crippen LogP contribution in [-0.4, -0.2) is 24.3 Å². The smallest absolute Gasteiger partial charge is 0.229 e. The molecule has 0 spiro atoms. The molecule has 0 saturated carbocycles. The fourth-order valence-electron chi connectivity index (χ4n) is 3.49. The summed E-state index contributed by atoms with van der Waals surface area (Å²) >= 11 is 0. The Bertz CT molecular complexity index is 1070.